The number of thiophene rings is 1. The van der Waals surface area contributed by atoms with Crippen LogP contribution >= 0.6 is 11.3 Å². The van der Waals surface area contributed by atoms with Crippen molar-refractivity contribution < 1.29 is 4.79 Å². The van der Waals surface area contributed by atoms with Gasteiger partial charge in [-0.2, -0.15) is 0 Å². The summed E-state index contributed by atoms with van der Waals surface area (Å²) in [4.78, 5) is 28.2. The van der Waals surface area contributed by atoms with E-state index in [0.29, 0.717) is 6.54 Å². The topological polar surface area (TPSA) is 61.4 Å². The quantitative estimate of drug-likeness (QED) is 0.781. The molecule has 2 aliphatic rings. The minimum absolute atomic E-state index is 0.0150. The largest absolute Gasteiger partial charge is 0.353 e. The number of rotatable bonds is 5. The van der Waals surface area contributed by atoms with Crippen LogP contribution in [0.1, 0.15) is 47.3 Å². The molecule has 1 fully saturated rings. The Labute approximate surface area is 170 Å². The Bertz CT molecular complexity index is 882. The van der Waals surface area contributed by atoms with Gasteiger partial charge in [-0.1, -0.05) is 11.6 Å². The van der Waals surface area contributed by atoms with Crippen molar-refractivity contribution in [1.82, 2.24) is 20.2 Å². The molecule has 0 saturated carbocycles. The average molecular weight is 400 g/mol. The predicted molar refractivity (Wildman–Crippen MR) is 115 cm³/mol. The maximum atomic E-state index is 12.8. The highest BCUT2D eigenvalue weighted by Gasteiger charge is 2.23. The normalized spacial score (nSPS) is 18.4. The van der Waals surface area contributed by atoms with Gasteiger partial charge in [0.05, 0.1) is 10.3 Å². The van der Waals surface area contributed by atoms with Crippen LogP contribution < -0.4 is 10.2 Å². The number of carbonyl (C=O) groups is 1. The molecule has 2 aromatic rings. The van der Waals surface area contributed by atoms with Crippen molar-refractivity contribution in [2.45, 2.75) is 39.0 Å². The standard InChI is InChI=1S/C21H29N5OS/c1-15-17-19(26-12-10-25(2)11-13-26)23-14-24-21(17)28-18(15)20(27)22-9-8-16-6-4-3-5-7-16/h6,14H,3-5,7-13H2,1-2H3,(H,22,27). The molecule has 0 spiro atoms. The Balaban J connectivity index is 1.50. The van der Waals surface area contributed by atoms with Gasteiger partial charge in [-0.05, 0) is 51.6 Å². The van der Waals surface area contributed by atoms with E-state index in [4.69, 9.17) is 0 Å². The second kappa shape index (κ2) is 8.57. The van der Waals surface area contributed by atoms with Crippen LogP contribution in [0.15, 0.2) is 18.0 Å². The average Bonchev–Trinajstić information content (AvgIpc) is 3.06. The molecule has 28 heavy (non-hydrogen) atoms. The molecule has 1 N–H and O–H groups in total. The van der Waals surface area contributed by atoms with Crippen LogP contribution in [-0.2, 0) is 0 Å². The Morgan fingerprint density at radius 3 is 2.79 bits per heavy atom. The molecule has 2 aromatic heterocycles. The summed E-state index contributed by atoms with van der Waals surface area (Å²) in [6, 6.07) is 0. The van der Waals surface area contributed by atoms with E-state index >= 15 is 0 Å². The van der Waals surface area contributed by atoms with E-state index in [-0.39, 0.29) is 5.91 Å². The number of hydrogen-bond donors (Lipinski definition) is 1. The van der Waals surface area contributed by atoms with E-state index in [2.05, 4.69) is 38.2 Å². The summed E-state index contributed by atoms with van der Waals surface area (Å²) >= 11 is 1.48. The van der Waals surface area contributed by atoms with E-state index in [1.165, 1.54) is 42.6 Å². The lowest BCUT2D eigenvalue weighted by Crippen LogP contribution is -2.44. The first-order valence-electron chi connectivity index (χ1n) is 10.3. The van der Waals surface area contributed by atoms with E-state index < -0.39 is 0 Å². The number of piperazine rings is 1. The summed E-state index contributed by atoms with van der Waals surface area (Å²) in [5.41, 5.74) is 2.49. The number of allylic oxidation sites excluding steroid dienone is 1. The Morgan fingerprint density at radius 1 is 1.21 bits per heavy atom. The molecular formula is C21H29N5OS. The van der Waals surface area contributed by atoms with Crippen LogP contribution in [0, 0.1) is 6.92 Å². The maximum absolute atomic E-state index is 12.8. The number of nitrogens with zero attached hydrogens (tertiary/aromatic N) is 4. The molecule has 1 aliphatic heterocycles. The highest BCUT2D eigenvalue weighted by molar-refractivity contribution is 7.20. The Kier molecular flexibility index (Phi) is 5.92. The Hall–Kier alpha value is -1.99. The van der Waals surface area contributed by atoms with Gasteiger partial charge in [0.1, 0.15) is 17.0 Å². The van der Waals surface area contributed by atoms with Crippen LogP contribution in [-0.4, -0.2) is 60.5 Å². The number of aryl methyl sites for hydroxylation is 1. The smallest absolute Gasteiger partial charge is 0.261 e. The molecule has 0 bridgehead atoms. The number of carbonyl (C=O) groups excluding carboxylic acids is 1. The van der Waals surface area contributed by atoms with Gasteiger partial charge >= 0.3 is 0 Å². The molecule has 1 aliphatic carbocycles. The Morgan fingerprint density at radius 2 is 2.04 bits per heavy atom. The first kappa shape index (κ1) is 19.3. The summed E-state index contributed by atoms with van der Waals surface area (Å²) in [5.74, 6) is 0.986. The SMILES string of the molecule is Cc1c(C(=O)NCCC2=CCCCC2)sc2ncnc(N3CCN(C)CC3)c12. The number of amides is 1. The third kappa shape index (κ3) is 4.05. The summed E-state index contributed by atoms with van der Waals surface area (Å²) < 4.78 is 0. The highest BCUT2D eigenvalue weighted by Crippen LogP contribution is 2.35. The zero-order valence-electron chi connectivity index (χ0n) is 16.8. The second-order valence-corrected chi connectivity index (χ2v) is 8.84. The molecular weight excluding hydrogens is 370 g/mol. The number of anilines is 1. The van der Waals surface area contributed by atoms with Gasteiger partial charge < -0.3 is 15.1 Å². The second-order valence-electron chi connectivity index (χ2n) is 7.84. The highest BCUT2D eigenvalue weighted by atomic mass is 32.1. The van der Waals surface area contributed by atoms with Gasteiger partial charge in [0, 0.05) is 32.7 Å². The van der Waals surface area contributed by atoms with E-state index in [1.54, 1.807) is 6.33 Å². The zero-order chi connectivity index (χ0) is 19.5. The van der Waals surface area contributed by atoms with E-state index in [9.17, 15) is 4.79 Å². The maximum Gasteiger partial charge on any atom is 0.261 e. The molecule has 0 atom stereocenters. The van der Waals surface area contributed by atoms with Gasteiger partial charge in [-0.3, -0.25) is 4.79 Å². The molecule has 3 heterocycles. The fraction of sp³-hybridized carbons (Fsp3) is 0.571. The number of nitrogens with one attached hydrogen (secondary N) is 1. The van der Waals surface area contributed by atoms with Crippen molar-refractivity contribution in [3.05, 3.63) is 28.4 Å². The molecule has 1 amide bonds. The predicted octanol–water partition coefficient (Wildman–Crippen LogP) is 3.37. The molecule has 150 valence electrons. The van der Waals surface area contributed by atoms with Crippen LogP contribution in [0.4, 0.5) is 5.82 Å². The molecule has 0 radical (unpaired) electrons. The van der Waals surface area contributed by atoms with E-state index in [0.717, 1.165) is 59.1 Å². The van der Waals surface area contributed by atoms with Gasteiger partial charge in [-0.15, -0.1) is 11.3 Å². The van der Waals surface area contributed by atoms with Crippen molar-refractivity contribution in [3.8, 4) is 0 Å². The minimum Gasteiger partial charge on any atom is -0.353 e. The monoisotopic (exact) mass is 399 g/mol. The van der Waals surface area contributed by atoms with Crippen molar-refractivity contribution in [2.75, 3.05) is 44.7 Å². The van der Waals surface area contributed by atoms with Crippen LogP contribution in [0.3, 0.4) is 0 Å². The molecule has 4 rings (SSSR count). The summed E-state index contributed by atoms with van der Waals surface area (Å²) in [5, 5.41) is 4.15. The number of hydrogen-bond acceptors (Lipinski definition) is 6. The summed E-state index contributed by atoms with van der Waals surface area (Å²) in [6.45, 7) is 6.69. The van der Waals surface area contributed by atoms with E-state index in [1.807, 2.05) is 6.92 Å². The molecule has 1 saturated heterocycles. The van der Waals surface area contributed by atoms with Gasteiger partial charge in [0.15, 0.2) is 0 Å². The third-order valence-corrected chi connectivity index (χ3v) is 7.03. The molecule has 0 aromatic carbocycles. The third-order valence-electron chi connectivity index (χ3n) is 5.83. The van der Waals surface area contributed by atoms with Gasteiger partial charge in [0.2, 0.25) is 0 Å². The van der Waals surface area contributed by atoms with Crippen molar-refractivity contribution in [1.29, 1.82) is 0 Å². The van der Waals surface area contributed by atoms with Gasteiger partial charge in [-0.25, -0.2) is 9.97 Å². The summed E-state index contributed by atoms with van der Waals surface area (Å²) in [6.07, 6.45) is 9.88. The lowest BCUT2D eigenvalue weighted by molar-refractivity contribution is 0.0957. The zero-order valence-corrected chi connectivity index (χ0v) is 17.6. The first-order valence-corrected chi connectivity index (χ1v) is 11.1. The lowest BCUT2D eigenvalue weighted by Gasteiger charge is -2.33. The minimum atomic E-state index is 0.0150. The number of fused-ring (bicyclic) bond motifs is 1. The van der Waals surface area contributed by atoms with Crippen molar-refractivity contribution in [3.63, 3.8) is 0 Å². The fourth-order valence-corrected chi connectivity index (χ4v) is 5.14. The van der Waals surface area contributed by atoms with Crippen LogP contribution in [0.2, 0.25) is 0 Å². The van der Waals surface area contributed by atoms with Gasteiger partial charge in [0.25, 0.3) is 5.91 Å². The van der Waals surface area contributed by atoms with Crippen molar-refractivity contribution in [2.24, 2.45) is 0 Å². The lowest BCUT2D eigenvalue weighted by atomic mass is 9.97. The molecule has 7 heteroatoms. The number of aromatic nitrogens is 2. The van der Waals surface area contributed by atoms with Crippen LogP contribution in [0.25, 0.3) is 10.2 Å². The molecule has 0 unspecified atom stereocenters. The first-order chi connectivity index (χ1) is 13.6. The fourth-order valence-electron chi connectivity index (χ4n) is 4.08. The number of likely N-dealkylation sites (N-methyl/N-ethyl adjacent to an activating group) is 1. The van der Waals surface area contributed by atoms with Crippen LogP contribution in [0.5, 0.6) is 0 Å². The molecule has 6 nitrogen and oxygen atoms in total. The van der Waals surface area contributed by atoms with Crippen molar-refractivity contribution >= 4 is 33.3 Å². The summed E-state index contributed by atoms with van der Waals surface area (Å²) in [7, 11) is 2.15.